The zero-order chi connectivity index (χ0) is 9.36. The lowest BCUT2D eigenvalue weighted by Crippen LogP contribution is -2.04. The molecule has 0 aromatic carbocycles. The van der Waals surface area contributed by atoms with Gasteiger partial charge < -0.3 is 0 Å². The van der Waals surface area contributed by atoms with Crippen molar-refractivity contribution in [2.45, 2.75) is 38.5 Å². The zero-order valence-corrected chi connectivity index (χ0v) is 8.02. The lowest BCUT2D eigenvalue weighted by molar-refractivity contribution is 0.361. The van der Waals surface area contributed by atoms with Crippen molar-refractivity contribution < 1.29 is 0 Å². The first kappa shape index (κ1) is 10.1. The Bertz CT molecular complexity index is 198. The topological polar surface area (TPSA) is 48.8 Å². The van der Waals surface area contributed by atoms with Crippen LogP contribution in [0.15, 0.2) is 17.3 Å². The smallest absolute Gasteiger partial charge is 0.0440 e. The standard InChI is InChI=1S/C10H17N3/c11-13-12-9-5-4-8-10-6-2-1-3-7-10/h4-5,10H,1-3,6-9H2/b5-4+. The molecule has 0 aromatic heterocycles. The van der Waals surface area contributed by atoms with Crippen molar-refractivity contribution in [2.75, 3.05) is 6.54 Å². The summed E-state index contributed by atoms with van der Waals surface area (Å²) in [5.74, 6) is 0.885. The minimum atomic E-state index is 0.503. The summed E-state index contributed by atoms with van der Waals surface area (Å²) in [4.78, 5) is 2.69. The first-order valence-corrected chi connectivity index (χ1v) is 5.09. The van der Waals surface area contributed by atoms with Gasteiger partial charge in [0.25, 0.3) is 0 Å². The lowest BCUT2D eigenvalue weighted by atomic mass is 9.87. The summed E-state index contributed by atoms with van der Waals surface area (Å²) >= 11 is 0. The van der Waals surface area contributed by atoms with Gasteiger partial charge in [-0.1, -0.05) is 49.4 Å². The summed E-state index contributed by atoms with van der Waals surface area (Å²) in [6.45, 7) is 0.503. The van der Waals surface area contributed by atoms with E-state index in [1.54, 1.807) is 0 Å². The minimum Gasteiger partial charge on any atom is -0.0899 e. The maximum atomic E-state index is 8.04. The molecule has 0 amide bonds. The molecule has 0 spiro atoms. The third kappa shape index (κ3) is 4.58. The molecule has 1 aliphatic rings. The van der Waals surface area contributed by atoms with Gasteiger partial charge in [0.15, 0.2) is 0 Å². The molecule has 0 heterocycles. The molecule has 1 aliphatic carbocycles. The van der Waals surface area contributed by atoms with E-state index in [9.17, 15) is 0 Å². The average Bonchev–Trinajstić information content (AvgIpc) is 2.19. The van der Waals surface area contributed by atoms with Crippen LogP contribution in [-0.4, -0.2) is 6.54 Å². The maximum absolute atomic E-state index is 8.04. The van der Waals surface area contributed by atoms with E-state index in [0.717, 1.165) is 5.92 Å². The van der Waals surface area contributed by atoms with Crippen LogP contribution in [0.25, 0.3) is 10.4 Å². The van der Waals surface area contributed by atoms with Crippen molar-refractivity contribution >= 4 is 0 Å². The van der Waals surface area contributed by atoms with Crippen LogP contribution in [0.5, 0.6) is 0 Å². The van der Waals surface area contributed by atoms with Gasteiger partial charge in [-0.3, -0.25) is 0 Å². The summed E-state index contributed by atoms with van der Waals surface area (Å²) in [7, 11) is 0. The van der Waals surface area contributed by atoms with Gasteiger partial charge in [-0.15, -0.1) is 0 Å². The Kier molecular flexibility index (Phi) is 5.11. The third-order valence-corrected chi connectivity index (χ3v) is 2.61. The number of nitrogens with zero attached hydrogens (tertiary/aromatic N) is 3. The maximum Gasteiger partial charge on any atom is 0.0440 e. The molecule has 0 aliphatic heterocycles. The van der Waals surface area contributed by atoms with Crippen molar-refractivity contribution in [1.29, 1.82) is 0 Å². The van der Waals surface area contributed by atoms with Crippen molar-refractivity contribution in [2.24, 2.45) is 11.0 Å². The molecule has 0 aromatic rings. The van der Waals surface area contributed by atoms with Crippen LogP contribution in [-0.2, 0) is 0 Å². The van der Waals surface area contributed by atoms with E-state index in [1.165, 1.54) is 38.5 Å². The highest BCUT2D eigenvalue weighted by atomic mass is 15.1. The fraction of sp³-hybridized carbons (Fsp3) is 0.800. The Morgan fingerprint density at radius 2 is 2.00 bits per heavy atom. The molecule has 0 N–H and O–H groups in total. The van der Waals surface area contributed by atoms with Crippen molar-refractivity contribution in [3.63, 3.8) is 0 Å². The average molecular weight is 179 g/mol. The van der Waals surface area contributed by atoms with E-state index in [4.69, 9.17) is 5.53 Å². The molecule has 13 heavy (non-hydrogen) atoms. The van der Waals surface area contributed by atoms with Crippen LogP contribution in [0.2, 0.25) is 0 Å². The highest BCUT2D eigenvalue weighted by Gasteiger charge is 2.10. The van der Waals surface area contributed by atoms with Gasteiger partial charge in [0, 0.05) is 11.5 Å². The Morgan fingerprint density at radius 3 is 2.69 bits per heavy atom. The predicted octanol–water partition coefficient (Wildman–Crippen LogP) is 3.82. The molecule has 3 heteroatoms. The minimum absolute atomic E-state index is 0.503. The van der Waals surface area contributed by atoms with Crippen LogP contribution in [0.4, 0.5) is 0 Å². The van der Waals surface area contributed by atoms with Crippen LogP contribution < -0.4 is 0 Å². The first-order chi connectivity index (χ1) is 6.43. The quantitative estimate of drug-likeness (QED) is 0.272. The molecule has 0 radical (unpaired) electrons. The molecule has 0 atom stereocenters. The van der Waals surface area contributed by atoms with E-state index < -0.39 is 0 Å². The van der Waals surface area contributed by atoms with Gasteiger partial charge in [0.05, 0.1) is 0 Å². The monoisotopic (exact) mass is 179 g/mol. The fourth-order valence-corrected chi connectivity index (χ4v) is 1.87. The second kappa shape index (κ2) is 6.55. The lowest BCUT2D eigenvalue weighted by Gasteiger charge is -2.19. The number of allylic oxidation sites excluding steroid dienone is 1. The molecule has 72 valence electrons. The summed E-state index contributed by atoms with van der Waals surface area (Å²) in [6.07, 6.45) is 12.3. The molecule has 0 unspecified atom stereocenters. The van der Waals surface area contributed by atoms with Crippen molar-refractivity contribution in [3.8, 4) is 0 Å². The Hall–Kier alpha value is -0.950. The van der Waals surface area contributed by atoms with Gasteiger partial charge in [0.2, 0.25) is 0 Å². The van der Waals surface area contributed by atoms with E-state index in [2.05, 4.69) is 16.1 Å². The highest BCUT2D eigenvalue weighted by molar-refractivity contribution is 4.86. The van der Waals surface area contributed by atoms with E-state index in [-0.39, 0.29) is 0 Å². The molecular formula is C10H17N3. The summed E-state index contributed by atoms with van der Waals surface area (Å²) in [5, 5.41) is 3.45. The van der Waals surface area contributed by atoms with Crippen LogP contribution in [0, 0.1) is 5.92 Å². The second-order valence-corrected chi connectivity index (χ2v) is 3.62. The van der Waals surface area contributed by atoms with Gasteiger partial charge in [0.1, 0.15) is 0 Å². The van der Waals surface area contributed by atoms with Crippen molar-refractivity contribution in [1.82, 2.24) is 0 Å². The zero-order valence-electron chi connectivity index (χ0n) is 8.02. The van der Waals surface area contributed by atoms with Crippen molar-refractivity contribution in [3.05, 3.63) is 22.6 Å². The molecule has 0 bridgehead atoms. The van der Waals surface area contributed by atoms with E-state index in [1.807, 2.05) is 6.08 Å². The Morgan fingerprint density at radius 1 is 1.23 bits per heavy atom. The first-order valence-electron chi connectivity index (χ1n) is 5.09. The van der Waals surface area contributed by atoms with Crippen LogP contribution in [0.1, 0.15) is 38.5 Å². The molecule has 1 fully saturated rings. The van der Waals surface area contributed by atoms with Gasteiger partial charge >= 0.3 is 0 Å². The molecular weight excluding hydrogens is 162 g/mol. The summed E-state index contributed by atoms with van der Waals surface area (Å²) in [6, 6.07) is 0. The van der Waals surface area contributed by atoms with Gasteiger partial charge in [-0.2, -0.15) is 0 Å². The van der Waals surface area contributed by atoms with Gasteiger partial charge in [-0.05, 0) is 17.9 Å². The Balaban J connectivity index is 2.09. The summed E-state index contributed by atoms with van der Waals surface area (Å²) in [5.41, 5.74) is 8.04. The molecule has 0 saturated heterocycles. The fourth-order valence-electron chi connectivity index (χ4n) is 1.87. The predicted molar refractivity (Wildman–Crippen MR) is 54.3 cm³/mol. The largest absolute Gasteiger partial charge is 0.0899 e. The van der Waals surface area contributed by atoms with Gasteiger partial charge in [-0.25, -0.2) is 0 Å². The third-order valence-electron chi connectivity index (χ3n) is 2.61. The molecule has 1 rings (SSSR count). The second-order valence-electron chi connectivity index (χ2n) is 3.62. The number of rotatable bonds is 4. The van der Waals surface area contributed by atoms with E-state index >= 15 is 0 Å². The number of azide groups is 1. The molecule has 1 saturated carbocycles. The number of hydrogen-bond donors (Lipinski definition) is 0. The Labute approximate surface area is 79.5 Å². The SMILES string of the molecule is [N-]=[N+]=NC/C=C/CC1CCCCC1. The van der Waals surface area contributed by atoms with Crippen LogP contribution >= 0.6 is 0 Å². The molecule has 3 nitrogen and oxygen atoms in total. The van der Waals surface area contributed by atoms with E-state index in [0.29, 0.717) is 6.54 Å². The highest BCUT2D eigenvalue weighted by Crippen LogP contribution is 2.26. The number of hydrogen-bond acceptors (Lipinski definition) is 1. The van der Waals surface area contributed by atoms with Crippen LogP contribution in [0.3, 0.4) is 0 Å². The summed E-state index contributed by atoms with van der Waals surface area (Å²) < 4.78 is 0. The normalized spacial score (nSPS) is 18.8.